The van der Waals surface area contributed by atoms with E-state index in [2.05, 4.69) is 5.32 Å². The molecule has 0 radical (unpaired) electrons. The SMILES string of the molecule is COCOC1CCCN(C(=O)c2ccc(NC(=O)c3ccccc3C)cc2)c2ccccc21. The van der Waals surface area contributed by atoms with Gasteiger partial charge >= 0.3 is 0 Å². The first kappa shape index (κ1) is 22.7. The Morgan fingerprint density at radius 1 is 1.00 bits per heavy atom. The van der Waals surface area contributed by atoms with Crippen LogP contribution in [0.25, 0.3) is 0 Å². The van der Waals surface area contributed by atoms with Crippen LogP contribution in [0.5, 0.6) is 0 Å². The Morgan fingerprint density at radius 3 is 2.48 bits per heavy atom. The van der Waals surface area contributed by atoms with Gasteiger partial charge in [-0.2, -0.15) is 0 Å². The first-order valence-corrected chi connectivity index (χ1v) is 11.1. The summed E-state index contributed by atoms with van der Waals surface area (Å²) in [6.45, 7) is 2.72. The van der Waals surface area contributed by atoms with E-state index in [4.69, 9.17) is 9.47 Å². The first-order valence-electron chi connectivity index (χ1n) is 11.1. The van der Waals surface area contributed by atoms with Crippen molar-refractivity contribution in [2.45, 2.75) is 25.9 Å². The average Bonchev–Trinajstić information content (AvgIpc) is 3.02. The van der Waals surface area contributed by atoms with Crippen LogP contribution in [0.15, 0.2) is 72.8 Å². The molecule has 4 rings (SSSR count). The van der Waals surface area contributed by atoms with Crippen molar-refractivity contribution in [3.8, 4) is 0 Å². The Labute approximate surface area is 194 Å². The standard InChI is InChI=1S/C27H28N2O4/c1-19-8-3-4-9-22(19)26(30)28-21-15-13-20(14-16-21)27(31)29-17-7-12-25(33-18-32-2)23-10-5-6-11-24(23)29/h3-6,8-11,13-16,25H,7,12,17-18H2,1-2H3,(H,28,30). The Balaban J connectivity index is 1.52. The van der Waals surface area contributed by atoms with Gasteiger partial charge in [0, 0.05) is 41.7 Å². The molecular weight excluding hydrogens is 416 g/mol. The van der Waals surface area contributed by atoms with Gasteiger partial charge in [-0.3, -0.25) is 9.59 Å². The number of carbonyl (C=O) groups is 2. The summed E-state index contributed by atoms with van der Waals surface area (Å²) in [5.74, 6) is -0.248. The number of anilines is 2. The van der Waals surface area contributed by atoms with Crippen LogP contribution in [0.3, 0.4) is 0 Å². The molecule has 0 fully saturated rings. The van der Waals surface area contributed by atoms with Gasteiger partial charge in [-0.05, 0) is 61.7 Å². The number of hydrogen-bond donors (Lipinski definition) is 1. The maximum Gasteiger partial charge on any atom is 0.258 e. The number of methoxy groups -OCH3 is 1. The number of rotatable bonds is 6. The van der Waals surface area contributed by atoms with Gasteiger partial charge in [-0.15, -0.1) is 0 Å². The number of para-hydroxylation sites is 1. The Morgan fingerprint density at radius 2 is 1.73 bits per heavy atom. The third-order valence-electron chi connectivity index (χ3n) is 5.83. The van der Waals surface area contributed by atoms with Gasteiger partial charge in [-0.25, -0.2) is 0 Å². The van der Waals surface area contributed by atoms with E-state index in [1.54, 1.807) is 37.4 Å². The van der Waals surface area contributed by atoms with Crippen LogP contribution in [0.1, 0.15) is 50.8 Å². The lowest BCUT2D eigenvalue weighted by Crippen LogP contribution is -2.31. The lowest BCUT2D eigenvalue weighted by atomic mass is 10.0. The summed E-state index contributed by atoms with van der Waals surface area (Å²) >= 11 is 0. The summed E-state index contributed by atoms with van der Waals surface area (Å²) in [7, 11) is 1.60. The molecule has 1 atom stereocenters. The van der Waals surface area contributed by atoms with Crippen LogP contribution in [0, 0.1) is 6.92 Å². The van der Waals surface area contributed by atoms with Crippen LogP contribution < -0.4 is 10.2 Å². The molecule has 0 aliphatic carbocycles. The van der Waals surface area contributed by atoms with Crippen molar-refractivity contribution in [3.05, 3.63) is 95.1 Å². The van der Waals surface area contributed by atoms with Gasteiger partial charge in [0.2, 0.25) is 0 Å². The third-order valence-corrected chi connectivity index (χ3v) is 5.83. The van der Waals surface area contributed by atoms with Crippen molar-refractivity contribution in [2.75, 3.05) is 30.7 Å². The molecule has 1 aliphatic heterocycles. The fourth-order valence-corrected chi connectivity index (χ4v) is 4.13. The number of nitrogens with zero attached hydrogens (tertiary/aromatic N) is 1. The maximum atomic E-state index is 13.4. The molecule has 0 saturated heterocycles. The fraction of sp³-hybridized carbons (Fsp3) is 0.259. The number of aryl methyl sites for hydroxylation is 1. The molecule has 1 N–H and O–H groups in total. The Hall–Kier alpha value is -3.48. The molecule has 0 saturated carbocycles. The molecule has 6 nitrogen and oxygen atoms in total. The van der Waals surface area contributed by atoms with Crippen molar-refractivity contribution in [1.29, 1.82) is 0 Å². The second-order valence-electron chi connectivity index (χ2n) is 8.07. The van der Waals surface area contributed by atoms with Crippen molar-refractivity contribution < 1.29 is 19.1 Å². The lowest BCUT2D eigenvalue weighted by molar-refractivity contribution is -0.0753. The summed E-state index contributed by atoms with van der Waals surface area (Å²) < 4.78 is 11.0. The summed E-state index contributed by atoms with van der Waals surface area (Å²) in [4.78, 5) is 27.8. The molecule has 3 aromatic rings. The topological polar surface area (TPSA) is 67.9 Å². The molecule has 1 unspecified atom stereocenters. The van der Waals surface area contributed by atoms with Gasteiger partial charge < -0.3 is 19.7 Å². The molecule has 0 spiro atoms. The number of hydrogen-bond acceptors (Lipinski definition) is 4. The predicted molar refractivity (Wildman–Crippen MR) is 129 cm³/mol. The molecule has 3 aromatic carbocycles. The van der Waals surface area contributed by atoms with E-state index in [0.717, 1.165) is 29.7 Å². The van der Waals surface area contributed by atoms with Crippen molar-refractivity contribution in [1.82, 2.24) is 0 Å². The molecule has 170 valence electrons. The number of carbonyl (C=O) groups excluding carboxylic acids is 2. The highest BCUT2D eigenvalue weighted by molar-refractivity contribution is 6.08. The predicted octanol–water partition coefficient (Wildman–Crippen LogP) is 5.35. The zero-order chi connectivity index (χ0) is 23.2. The summed E-state index contributed by atoms with van der Waals surface area (Å²) in [6.07, 6.45) is 1.52. The number of benzene rings is 3. The third kappa shape index (κ3) is 5.13. The van der Waals surface area contributed by atoms with Crippen molar-refractivity contribution >= 4 is 23.2 Å². The normalized spacial score (nSPS) is 15.5. The quantitative estimate of drug-likeness (QED) is 0.521. The molecule has 1 heterocycles. The number of amides is 2. The number of ether oxygens (including phenoxy) is 2. The van der Waals surface area contributed by atoms with Crippen LogP contribution >= 0.6 is 0 Å². The number of nitrogens with one attached hydrogen (secondary N) is 1. The van der Waals surface area contributed by atoms with Crippen LogP contribution in [0.2, 0.25) is 0 Å². The second kappa shape index (κ2) is 10.4. The van der Waals surface area contributed by atoms with Gasteiger partial charge in [0.15, 0.2) is 0 Å². The largest absolute Gasteiger partial charge is 0.359 e. The first-order chi connectivity index (χ1) is 16.1. The Bertz CT molecular complexity index is 1130. The summed E-state index contributed by atoms with van der Waals surface area (Å²) in [6, 6.07) is 22.3. The molecule has 6 heteroatoms. The highest BCUT2D eigenvalue weighted by Gasteiger charge is 2.27. The van der Waals surface area contributed by atoms with E-state index in [-0.39, 0.29) is 24.7 Å². The highest BCUT2D eigenvalue weighted by atomic mass is 16.7. The van der Waals surface area contributed by atoms with Crippen LogP contribution in [-0.4, -0.2) is 32.3 Å². The maximum absolute atomic E-state index is 13.4. The molecule has 2 amide bonds. The van der Waals surface area contributed by atoms with Crippen LogP contribution in [-0.2, 0) is 9.47 Å². The fourth-order valence-electron chi connectivity index (χ4n) is 4.13. The highest BCUT2D eigenvalue weighted by Crippen LogP contribution is 2.35. The minimum Gasteiger partial charge on any atom is -0.359 e. The molecular formula is C27H28N2O4. The number of fused-ring (bicyclic) bond motifs is 1. The summed E-state index contributed by atoms with van der Waals surface area (Å²) in [5, 5.41) is 2.90. The van der Waals surface area contributed by atoms with Crippen molar-refractivity contribution in [2.24, 2.45) is 0 Å². The van der Waals surface area contributed by atoms with Gasteiger partial charge in [0.1, 0.15) is 6.79 Å². The van der Waals surface area contributed by atoms with E-state index in [1.807, 2.05) is 54.3 Å². The molecule has 33 heavy (non-hydrogen) atoms. The van der Waals surface area contributed by atoms with E-state index in [0.29, 0.717) is 23.4 Å². The van der Waals surface area contributed by atoms with E-state index in [9.17, 15) is 9.59 Å². The Kier molecular flexibility index (Phi) is 7.17. The zero-order valence-electron chi connectivity index (χ0n) is 18.9. The lowest BCUT2D eigenvalue weighted by Gasteiger charge is -2.24. The van der Waals surface area contributed by atoms with Gasteiger partial charge in [0.25, 0.3) is 11.8 Å². The van der Waals surface area contributed by atoms with E-state index < -0.39 is 0 Å². The zero-order valence-corrected chi connectivity index (χ0v) is 18.9. The van der Waals surface area contributed by atoms with Crippen LogP contribution in [0.4, 0.5) is 11.4 Å². The van der Waals surface area contributed by atoms with E-state index >= 15 is 0 Å². The minimum absolute atomic E-state index is 0.0772. The molecule has 1 aliphatic rings. The monoisotopic (exact) mass is 444 g/mol. The van der Waals surface area contributed by atoms with Crippen molar-refractivity contribution in [3.63, 3.8) is 0 Å². The smallest absolute Gasteiger partial charge is 0.258 e. The molecule has 0 bridgehead atoms. The van der Waals surface area contributed by atoms with Gasteiger partial charge in [0.05, 0.1) is 6.10 Å². The second-order valence-corrected chi connectivity index (χ2v) is 8.07. The van der Waals surface area contributed by atoms with Gasteiger partial charge in [-0.1, -0.05) is 36.4 Å². The minimum atomic E-state index is -0.171. The van der Waals surface area contributed by atoms with E-state index in [1.165, 1.54) is 0 Å². The average molecular weight is 445 g/mol. The molecule has 0 aromatic heterocycles. The summed E-state index contributed by atoms with van der Waals surface area (Å²) in [5.41, 5.74) is 4.60.